The molecule has 0 bridgehead atoms. The predicted molar refractivity (Wildman–Crippen MR) is 77.4 cm³/mol. The van der Waals surface area contributed by atoms with E-state index in [1.165, 1.54) is 27.4 Å². The zero-order chi connectivity index (χ0) is 15.2. The fraction of sp³-hybridized carbons (Fsp3) is 0.188. The van der Waals surface area contributed by atoms with Crippen LogP contribution in [0.4, 0.5) is 0 Å². The molecule has 0 radical (unpaired) electrons. The second kappa shape index (κ2) is 6.65. The highest BCUT2D eigenvalue weighted by Gasteiger charge is 2.18. The molecule has 5 heteroatoms. The minimum absolute atomic E-state index is 0.270. The molecular formula is C16H16O5. The standard InChI is InChI=1S/C16H16O5/c1-18-13-10-14(19-2)15(9-12(13)16(17)20-3)21-11-7-5-4-6-8-11/h4-10H,1-3H3. The van der Waals surface area contributed by atoms with Gasteiger partial charge < -0.3 is 18.9 Å². The van der Waals surface area contributed by atoms with Crippen LogP contribution in [0.15, 0.2) is 42.5 Å². The average Bonchev–Trinajstić information content (AvgIpc) is 2.54. The van der Waals surface area contributed by atoms with Gasteiger partial charge in [0.2, 0.25) is 0 Å². The lowest BCUT2D eigenvalue weighted by Gasteiger charge is -2.14. The van der Waals surface area contributed by atoms with Crippen LogP contribution in [0.1, 0.15) is 10.4 Å². The molecule has 0 N–H and O–H groups in total. The second-order valence-corrected chi connectivity index (χ2v) is 4.11. The number of ether oxygens (including phenoxy) is 4. The Morgan fingerprint density at radius 2 is 1.52 bits per heavy atom. The van der Waals surface area contributed by atoms with Crippen LogP contribution in [0.3, 0.4) is 0 Å². The maximum Gasteiger partial charge on any atom is 0.341 e. The lowest BCUT2D eigenvalue weighted by molar-refractivity contribution is 0.0596. The van der Waals surface area contributed by atoms with Gasteiger partial charge in [-0.3, -0.25) is 0 Å². The van der Waals surface area contributed by atoms with Crippen molar-refractivity contribution in [1.82, 2.24) is 0 Å². The smallest absolute Gasteiger partial charge is 0.341 e. The topological polar surface area (TPSA) is 54.0 Å². The highest BCUT2D eigenvalue weighted by Crippen LogP contribution is 2.37. The van der Waals surface area contributed by atoms with Crippen LogP contribution in [-0.2, 0) is 4.74 Å². The van der Waals surface area contributed by atoms with E-state index >= 15 is 0 Å². The molecule has 110 valence electrons. The Morgan fingerprint density at radius 3 is 2.10 bits per heavy atom. The summed E-state index contributed by atoms with van der Waals surface area (Å²) in [4.78, 5) is 11.8. The molecule has 0 aliphatic rings. The third kappa shape index (κ3) is 3.25. The first-order chi connectivity index (χ1) is 10.2. The van der Waals surface area contributed by atoms with Crippen molar-refractivity contribution >= 4 is 5.97 Å². The van der Waals surface area contributed by atoms with Gasteiger partial charge in [0, 0.05) is 12.1 Å². The van der Waals surface area contributed by atoms with E-state index in [0.29, 0.717) is 23.0 Å². The van der Waals surface area contributed by atoms with E-state index in [0.717, 1.165) is 0 Å². The maximum absolute atomic E-state index is 11.8. The first-order valence-electron chi connectivity index (χ1n) is 6.26. The van der Waals surface area contributed by atoms with Crippen LogP contribution < -0.4 is 14.2 Å². The molecule has 2 rings (SSSR count). The first kappa shape index (κ1) is 14.7. The van der Waals surface area contributed by atoms with Gasteiger partial charge in [-0.1, -0.05) is 18.2 Å². The summed E-state index contributed by atoms with van der Waals surface area (Å²) in [6.07, 6.45) is 0. The summed E-state index contributed by atoms with van der Waals surface area (Å²) in [6, 6.07) is 12.3. The number of esters is 1. The molecule has 0 aliphatic carbocycles. The Balaban J connectivity index is 2.46. The van der Waals surface area contributed by atoms with Crippen LogP contribution in [0.5, 0.6) is 23.0 Å². The Morgan fingerprint density at radius 1 is 0.857 bits per heavy atom. The summed E-state index contributed by atoms with van der Waals surface area (Å²) >= 11 is 0. The maximum atomic E-state index is 11.8. The van der Waals surface area contributed by atoms with Crippen molar-refractivity contribution < 1.29 is 23.7 Å². The number of carbonyl (C=O) groups excluding carboxylic acids is 1. The summed E-state index contributed by atoms with van der Waals surface area (Å²) in [6.45, 7) is 0. The van der Waals surface area contributed by atoms with E-state index in [4.69, 9.17) is 18.9 Å². The first-order valence-corrected chi connectivity index (χ1v) is 6.26. The number of carbonyl (C=O) groups is 1. The van der Waals surface area contributed by atoms with Gasteiger partial charge in [0.25, 0.3) is 0 Å². The van der Waals surface area contributed by atoms with Gasteiger partial charge in [0.15, 0.2) is 11.5 Å². The fourth-order valence-corrected chi connectivity index (χ4v) is 1.83. The van der Waals surface area contributed by atoms with E-state index in [-0.39, 0.29) is 5.56 Å². The lowest BCUT2D eigenvalue weighted by Crippen LogP contribution is -2.05. The molecule has 0 amide bonds. The van der Waals surface area contributed by atoms with Gasteiger partial charge in [-0.2, -0.15) is 0 Å². The van der Waals surface area contributed by atoms with Crippen molar-refractivity contribution in [3.63, 3.8) is 0 Å². The number of hydrogen-bond donors (Lipinski definition) is 0. The number of para-hydroxylation sites is 1. The minimum Gasteiger partial charge on any atom is -0.496 e. The summed E-state index contributed by atoms with van der Waals surface area (Å²) in [5.74, 6) is 1.36. The van der Waals surface area contributed by atoms with Crippen LogP contribution in [0, 0.1) is 0 Å². The quantitative estimate of drug-likeness (QED) is 0.790. The van der Waals surface area contributed by atoms with Gasteiger partial charge in [0.1, 0.15) is 17.1 Å². The molecule has 2 aromatic carbocycles. The summed E-state index contributed by atoms with van der Waals surface area (Å²) in [7, 11) is 4.30. The van der Waals surface area contributed by atoms with E-state index in [9.17, 15) is 4.79 Å². The molecule has 0 aliphatic heterocycles. The summed E-state index contributed by atoms with van der Waals surface area (Å²) in [5, 5.41) is 0. The molecule has 5 nitrogen and oxygen atoms in total. The molecule has 0 heterocycles. The highest BCUT2D eigenvalue weighted by molar-refractivity contribution is 5.93. The monoisotopic (exact) mass is 288 g/mol. The molecular weight excluding hydrogens is 272 g/mol. The lowest BCUT2D eigenvalue weighted by atomic mass is 10.1. The molecule has 0 spiro atoms. The molecule has 0 aromatic heterocycles. The second-order valence-electron chi connectivity index (χ2n) is 4.11. The van der Waals surface area contributed by atoms with E-state index in [1.54, 1.807) is 6.07 Å². The van der Waals surface area contributed by atoms with E-state index in [1.807, 2.05) is 30.3 Å². The predicted octanol–water partition coefficient (Wildman–Crippen LogP) is 3.28. The molecule has 0 fully saturated rings. The van der Waals surface area contributed by atoms with E-state index in [2.05, 4.69) is 0 Å². The number of methoxy groups -OCH3 is 3. The highest BCUT2D eigenvalue weighted by atomic mass is 16.5. The average molecular weight is 288 g/mol. The fourth-order valence-electron chi connectivity index (χ4n) is 1.83. The molecule has 0 saturated heterocycles. The number of hydrogen-bond acceptors (Lipinski definition) is 5. The number of benzene rings is 2. The normalized spacial score (nSPS) is 9.86. The van der Waals surface area contributed by atoms with Gasteiger partial charge in [-0.25, -0.2) is 4.79 Å². The van der Waals surface area contributed by atoms with Gasteiger partial charge in [0.05, 0.1) is 21.3 Å². The number of rotatable bonds is 5. The van der Waals surface area contributed by atoms with Crippen LogP contribution in [-0.4, -0.2) is 27.3 Å². The Labute approximate surface area is 123 Å². The van der Waals surface area contributed by atoms with Gasteiger partial charge >= 0.3 is 5.97 Å². The molecule has 0 atom stereocenters. The summed E-state index contributed by atoms with van der Waals surface area (Å²) < 4.78 is 20.9. The van der Waals surface area contributed by atoms with E-state index < -0.39 is 5.97 Å². The van der Waals surface area contributed by atoms with Crippen molar-refractivity contribution in [3.05, 3.63) is 48.0 Å². The van der Waals surface area contributed by atoms with Crippen molar-refractivity contribution in [2.24, 2.45) is 0 Å². The Kier molecular flexibility index (Phi) is 4.66. The minimum atomic E-state index is -0.507. The zero-order valence-electron chi connectivity index (χ0n) is 12.1. The van der Waals surface area contributed by atoms with Crippen LogP contribution in [0.25, 0.3) is 0 Å². The van der Waals surface area contributed by atoms with Crippen molar-refractivity contribution in [1.29, 1.82) is 0 Å². The third-order valence-electron chi connectivity index (χ3n) is 2.86. The molecule has 2 aromatic rings. The Hall–Kier alpha value is -2.69. The van der Waals surface area contributed by atoms with Crippen molar-refractivity contribution in [3.8, 4) is 23.0 Å². The SMILES string of the molecule is COC(=O)c1cc(Oc2ccccc2)c(OC)cc1OC. The largest absolute Gasteiger partial charge is 0.496 e. The van der Waals surface area contributed by atoms with Gasteiger partial charge in [-0.05, 0) is 12.1 Å². The zero-order valence-corrected chi connectivity index (χ0v) is 12.1. The summed E-state index contributed by atoms with van der Waals surface area (Å²) in [5.41, 5.74) is 0.270. The van der Waals surface area contributed by atoms with Crippen molar-refractivity contribution in [2.75, 3.05) is 21.3 Å². The molecule has 21 heavy (non-hydrogen) atoms. The van der Waals surface area contributed by atoms with Crippen molar-refractivity contribution in [2.45, 2.75) is 0 Å². The third-order valence-corrected chi connectivity index (χ3v) is 2.86. The van der Waals surface area contributed by atoms with Crippen LogP contribution in [0.2, 0.25) is 0 Å². The molecule has 0 unspecified atom stereocenters. The van der Waals surface area contributed by atoms with Gasteiger partial charge in [-0.15, -0.1) is 0 Å². The Bertz CT molecular complexity index is 622. The molecule has 0 saturated carbocycles. The van der Waals surface area contributed by atoms with Crippen LogP contribution >= 0.6 is 0 Å².